The van der Waals surface area contributed by atoms with Crippen LogP contribution in [-0.4, -0.2) is 30.4 Å². The minimum Gasteiger partial charge on any atom is -0.304 e. The van der Waals surface area contributed by atoms with Crippen molar-refractivity contribution in [1.29, 1.82) is 5.26 Å². The lowest BCUT2D eigenvalue weighted by molar-refractivity contribution is 0.209. The van der Waals surface area contributed by atoms with Crippen molar-refractivity contribution >= 4 is 11.6 Å². The first-order valence-corrected chi connectivity index (χ1v) is 4.88. The maximum Gasteiger partial charge on any atom is 0.133 e. The summed E-state index contributed by atoms with van der Waals surface area (Å²) in [4.78, 5) is 2.16. The Hall–Kier alpha value is -0.260. The molecule has 0 aromatic heterocycles. The van der Waals surface area contributed by atoms with Crippen LogP contribution < -0.4 is 0 Å². The zero-order valence-electron chi connectivity index (χ0n) is 7.46. The number of hydrogen-bond acceptors (Lipinski definition) is 2. The smallest absolute Gasteiger partial charge is 0.133 e. The third kappa shape index (κ3) is 3.00. The van der Waals surface area contributed by atoms with E-state index in [-0.39, 0.29) is 5.38 Å². The Balaban J connectivity index is 2.11. The molecule has 1 saturated carbocycles. The van der Waals surface area contributed by atoms with Crippen molar-refractivity contribution in [2.45, 2.75) is 24.6 Å². The highest BCUT2D eigenvalue weighted by atomic mass is 35.5. The number of halogens is 1. The summed E-state index contributed by atoms with van der Waals surface area (Å²) in [6, 6.07) is 2.03. The second-order valence-electron chi connectivity index (χ2n) is 3.61. The number of rotatable bonds is 4. The lowest BCUT2D eigenvalue weighted by Crippen LogP contribution is -2.33. The highest BCUT2D eigenvalue weighted by Crippen LogP contribution is 2.26. The molecule has 1 rings (SSSR count). The minimum atomic E-state index is -0.352. The number of hydrogen-bond donors (Lipinski definition) is 0. The minimum absolute atomic E-state index is 0.352. The van der Waals surface area contributed by atoms with Gasteiger partial charge in [-0.2, -0.15) is 5.26 Å². The molecule has 0 aromatic carbocycles. The lowest BCUT2D eigenvalue weighted by atomic mass is 9.85. The molecule has 1 fully saturated rings. The molecule has 2 nitrogen and oxygen atoms in total. The molecular formula is C9H15ClN2. The van der Waals surface area contributed by atoms with Crippen molar-refractivity contribution in [3.63, 3.8) is 0 Å². The second-order valence-corrected chi connectivity index (χ2v) is 4.14. The molecule has 0 saturated heterocycles. The van der Waals surface area contributed by atoms with E-state index in [1.807, 2.05) is 13.1 Å². The zero-order chi connectivity index (χ0) is 8.97. The van der Waals surface area contributed by atoms with Gasteiger partial charge in [-0.15, -0.1) is 11.6 Å². The van der Waals surface area contributed by atoms with Gasteiger partial charge >= 0.3 is 0 Å². The van der Waals surface area contributed by atoms with Crippen molar-refractivity contribution in [3.05, 3.63) is 0 Å². The Morgan fingerprint density at radius 3 is 2.75 bits per heavy atom. The van der Waals surface area contributed by atoms with E-state index < -0.39 is 0 Å². The number of nitriles is 1. The summed E-state index contributed by atoms with van der Waals surface area (Å²) in [6.07, 6.45) is 4.08. The molecule has 0 aliphatic heterocycles. The van der Waals surface area contributed by atoms with Gasteiger partial charge < -0.3 is 4.90 Å². The molecule has 0 radical (unpaired) electrons. The highest BCUT2D eigenvalue weighted by Gasteiger charge is 2.19. The van der Waals surface area contributed by atoms with Crippen LogP contribution in [0.15, 0.2) is 0 Å². The second kappa shape index (κ2) is 4.69. The van der Waals surface area contributed by atoms with Crippen LogP contribution in [0.5, 0.6) is 0 Å². The third-order valence-corrected chi connectivity index (χ3v) is 2.64. The van der Waals surface area contributed by atoms with Gasteiger partial charge in [-0.3, -0.25) is 0 Å². The summed E-state index contributed by atoms with van der Waals surface area (Å²) >= 11 is 5.70. The van der Waals surface area contributed by atoms with Gasteiger partial charge in [0.1, 0.15) is 5.38 Å². The van der Waals surface area contributed by atoms with Gasteiger partial charge in [-0.05, 0) is 25.8 Å². The van der Waals surface area contributed by atoms with Gasteiger partial charge in [0.25, 0.3) is 0 Å². The SMILES string of the molecule is CN(CC(Cl)C#N)CC1CCC1. The monoisotopic (exact) mass is 186 g/mol. The lowest BCUT2D eigenvalue weighted by Gasteiger charge is -2.30. The normalized spacial score (nSPS) is 20.2. The van der Waals surface area contributed by atoms with E-state index in [1.165, 1.54) is 19.3 Å². The van der Waals surface area contributed by atoms with E-state index in [4.69, 9.17) is 16.9 Å². The van der Waals surface area contributed by atoms with Crippen LogP contribution in [0.2, 0.25) is 0 Å². The molecule has 3 heteroatoms. The van der Waals surface area contributed by atoms with Crippen LogP contribution in [-0.2, 0) is 0 Å². The average Bonchev–Trinajstić information content (AvgIpc) is 1.97. The summed E-state index contributed by atoms with van der Waals surface area (Å²) in [5, 5.41) is 8.13. The van der Waals surface area contributed by atoms with Crippen molar-refractivity contribution in [1.82, 2.24) is 4.90 Å². The molecule has 0 spiro atoms. The van der Waals surface area contributed by atoms with E-state index in [0.717, 1.165) is 12.5 Å². The molecular weight excluding hydrogens is 172 g/mol. The zero-order valence-corrected chi connectivity index (χ0v) is 8.22. The fraction of sp³-hybridized carbons (Fsp3) is 0.889. The third-order valence-electron chi connectivity index (χ3n) is 2.41. The maximum absolute atomic E-state index is 8.48. The first-order valence-electron chi connectivity index (χ1n) is 4.44. The topological polar surface area (TPSA) is 27.0 Å². The standard InChI is InChI=1S/C9H15ClN2/c1-12(7-9(10)5-11)6-8-3-2-4-8/h8-9H,2-4,6-7H2,1H3. The van der Waals surface area contributed by atoms with E-state index in [0.29, 0.717) is 6.54 Å². The Kier molecular flexibility index (Phi) is 3.84. The molecule has 68 valence electrons. The molecule has 1 aliphatic carbocycles. The van der Waals surface area contributed by atoms with Gasteiger partial charge in [0.05, 0.1) is 6.07 Å². The van der Waals surface area contributed by atoms with Crippen LogP contribution in [0.25, 0.3) is 0 Å². The predicted octanol–water partition coefficient (Wildman–Crippen LogP) is 1.85. The predicted molar refractivity (Wildman–Crippen MR) is 50.1 cm³/mol. The Bertz CT molecular complexity index is 172. The molecule has 12 heavy (non-hydrogen) atoms. The summed E-state index contributed by atoms with van der Waals surface area (Å²) in [5.74, 6) is 0.859. The molecule has 1 aliphatic rings. The summed E-state index contributed by atoms with van der Waals surface area (Å²) in [7, 11) is 2.03. The summed E-state index contributed by atoms with van der Waals surface area (Å²) < 4.78 is 0. The van der Waals surface area contributed by atoms with Crippen LogP contribution in [0, 0.1) is 17.2 Å². The van der Waals surface area contributed by atoms with Crippen LogP contribution in [0.1, 0.15) is 19.3 Å². The van der Waals surface area contributed by atoms with Crippen molar-refractivity contribution < 1.29 is 0 Å². The maximum atomic E-state index is 8.48. The molecule has 0 bridgehead atoms. The average molecular weight is 187 g/mol. The number of nitrogens with zero attached hydrogens (tertiary/aromatic N) is 2. The molecule has 0 amide bonds. The Morgan fingerprint density at radius 1 is 1.67 bits per heavy atom. The van der Waals surface area contributed by atoms with Crippen LogP contribution >= 0.6 is 11.6 Å². The first kappa shape index (κ1) is 9.83. The van der Waals surface area contributed by atoms with E-state index in [9.17, 15) is 0 Å². The summed E-state index contributed by atoms with van der Waals surface area (Å²) in [5.41, 5.74) is 0. The fourth-order valence-electron chi connectivity index (χ4n) is 1.51. The van der Waals surface area contributed by atoms with Crippen LogP contribution in [0.3, 0.4) is 0 Å². The van der Waals surface area contributed by atoms with Gasteiger partial charge in [0, 0.05) is 13.1 Å². The van der Waals surface area contributed by atoms with Crippen molar-refractivity contribution in [3.8, 4) is 6.07 Å². The molecule has 1 unspecified atom stereocenters. The van der Waals surface area contributed by atoms with Crippen molar-refractivity contribution in [2.75, 3.05) is 20.1 Å². The van der Waals surface area contributed by atoms with Gasteiger partial charge in [-0.1, -0.05) is 6.42 Å². The summed E-state index contributed by atoms with van der Waals surface area (Å²) in [6.45, 7) is 1.79. The van der Waals surface area contributed by atoms with Crippen LogP contribution in [0.4, 0.5) is 0 Å². The largest absolute Gasteiger partial charge is 0.304 e. The highest BCUT2D eigenvalue weighted by molar-refractivity contribution is 6.22. The Labute approximate surface area is 79.1 Å². The molecule has 0 N–H and O–H groups in total. The number of alkyl halides is 1. The molecule has 0 heterocycles. The Morgan fingerprint density at radius 2 is 2.33 bits per heavy atom. The van der Waals surface area contributed by atoms with E-state index in [2.05, 4.69) is 4.90 Å². The molecule has 0 aromatic rings. The first-order chi connectivity index (χ1) is 5.72. The quantitative estimate of drug-likeness (QED) is 0.627. The fourth-order valence-corrected chi connectivity index (χ4v) is 1.74. The van der Waals surface area contributed by atoms with Gasteiger partial charge in [-0.25, -0.2) is 0 Å². The van der Waals surface area contributed by atoms with Gasteiger partial charge in [0.15, 0.2) is 0 Å². The van der Waals surface area contributed by atoms with E-state index >= 15 is 0 Å². The van der Waals surface area contributed by atoms with Crippen molar-refractivity contribution in [2.24, 2.45) is 5.92 Å². The van der Waals surface area contributed by atoms with E-state index in [1.54, 1.807) is 0 Å². The van der Waals surface area contributed by atoms with Gasteiger partial charge in [0.2, 0.25) is 0 Å². The molecule has 1 atom stereocenters.